The Kier molecular flexibility index (Phi) is 5.76. The number of anilines is 3. The van der Waals surface area contributed by atoms with E-state index in [0.29, 0.717) is 12.2 Å². The van der Waals surface area contributed by atoms with Gasteiger partial charge in [0.25, 0.3) is 11.5 Å². The summed E-state index contributed by atoms with van der Waals surface area (Å²) in [6.07, 6.45) is 8.36. The Morgan fingerprint density at radius 1 is 1.30 bits per heavy atom. The summed E-state index contributed by atoms with van der Waals surface area (Å²) in [7, 11) is 0. The number of nitrogens with two attached hydrogens (primary N) is 2. The number of pyridine rings is 1. The van der Waals surface area contributed by atoms with Gasteiger partial charge in [0.15, 0.2) is 5.82 Å². The third-order valence-corrected chi connectivity index (χ3v) is 5.02. The van der Waals surface area contributed by atoms with E-state index in [-0.39, 0.29) is 22.9 Å². The largest absolute Gasteiger partial charge is 0.365 e. The number of aromatic nitrogens is 3. The Morgan fingerprint density at radius 2 is 2.04 bits per heavy atom. The molecule has 7 N–H and O–H groups in total. The molecule has 1 amide bonds. The maximum absolute atomic E-state index is 12.4. The van der Waals surface area contributed by atoms with Crippen molar-refractivity contribution in [3.63, 3.8) is 0 Å². The Morgan fingerprint density at radius 3 is 2.70 bits per heavy atom. The summed E-state index contributed by atoms with van der Waals surface area (Å²) in [5.74, 6) is -0.586. The Hall–Kier alpha value is -2.46. The number of rotatable bonds is 6. The zero-order valence-corrected chi connectivity index (χ0v) is 16.3. The van der Waals surface area contributed by atoms with Gasteiger partial charge in [-0.05, 0) is 34.8 Å². The molecule has 2 aromatic heterocycles. The van der Waals surface area contributed by atoms with E-state index in [1.54, 1.807) is 18.5 Å². The molecule has 0 aromatic carbocycles. The molecule has 1 saturated carbocycles. The van der Waals surface area contributed by atoms with Crippen LogP contribution in [0, 0.1) is 0 Å². The standard InChI is InChI=1S/C17H22BrN7O2/c18-10-6-11(8-21-7-10)23-14-12(13(19)26)15(27)25-16(24-14)22-9-17(20)4-2-1-3-5-17/h6-8H,1-5,9,20H2,(H2,19,26)(H3,22,23,24,25,27). The topological polar surface area (TPSA) is 152 Å². The summed E-state index contributed by atoms with van der Waals surface area (Å²) < 4.78 is 0.735. The lowest BCUT2D eigenvalue weighted by molar-refractivity contribution is 0.0999. The van der Waals surface area contributed by atoms with Gasteiger partial charge in [-0.1, -0.05) is 19.3 Å². The van der Waals surface area contributed by atoms with Gasteiger partial charge in [0, 0.05) is 22.8 Å². The molecule has 1 aliphatic carbocycles. The highest BCUT2D eigenvalue weighted by Crippen LogP contribution is 2.26. The number of nitrogens with zero attached hydrogens (tertiary/aromatic N) is 2. The van der Waals surface area contributed by atoms with E-state index < -0.39 is 11.5 Å². The maximum atomic E-state index is 12.4. The molecule has 9 nitrogen and oxygen atoms in total. The predicted molar refractivity (Wildman–Crippen MR) is 107 cm³/mol. The van der Waals surface area contributed by atoms with Crippen LogP contribution in [0.3, 0.4) is 0 Å². The van der Waals surface area contributed by atoms with Gasteiger partial charge in [0.05, 0.1) is 11.9 Å². The van der Waals surface area contributed by atoms with Crippen LogP contribution in [0.1, 0.15) is 42.5 Å². The molecule has 0 atom stereocenters. The van der Waals surface area contributed by atoms with Crippen LogP contribution in [0.2, 0.25) is 0 Å². The SMILES string of the molecule is NC(=O)c1c(Nc2cncc(Br)c2)nc(NCC2(N)CCCCC2)[nH]c1=O. The van der Waals surface area contributed by atoms with Crippen LogP contribution in [0.15, 0.2) is 27.7 Å². The molecule has 0 bridgehead atoms. The number of nitrogens with one attached hydrogen (secondary N) is 3. The molecule has 1 fully saturated rings. The minimum absolute atomic E-state index is 0.0587. The average molecular weight is 436 g/mol. The van der Waals surface area contributed by atoms with Crippen molar-refractivity contribution in [2.75, 3.05) is 17.2 Å². The predicted octanol–water partition coefficient (Wildman–Crippen LogP) is 1.84. The van der Waals surface area contributed by atoms with Crippen LogP contribution in [0.5, 0.6) is 0 Å². The lowest BCUT2D eigenvalue weighted by atomic mass is 9.82. The van der Waals surface area contributed by atoms with Crippen LogP contribution in [-0.4, -0.2) is 32.9 Å². The van der Waals surface area contributed by atoms with E-state index in [1.807, 2.05) is 0 Å². The van der Waals surface area contributed by atoms with E-state index in [2.05, 4.69) is 41.5 Å². The molecule has 144 valence electrons. The Labute approximate surface area is 164 Å². The van der Waals surface area contributed by atoms with Crippen LogP contribution < -0.4 is 27.7 Å². The fourth-order valence-electron chi connectivity index (χ4n) is 3.19. The second kappa shape index (κ2) is 8.05. The van der Waals surface area contributed by atoms with Gasteiger partial charge in [0.2, 0.25) is 5.95 Å². The summed E-state index contributed by atoms with van der Waals surface area (Å²) >= 11 is 3.32. The molecule has 0 radical (unpaired) electrons. The first-order valence-electron chi connectivity index (χ1n) is 8.71. The molecule has 2 aromatic rings. The van der Waals surface area contributed by atoms with Gasteiger partial charge < -0.3 is 22.1 Å². The van der Waals surface area contributed by atoms with Crippen molar-refractivity contribution in [3.05, 3.63) is 38.9 Å². The number of carbonyl (C=O) groups excluding carboxylic acids is 1. The molecule has 1 aliphatic rings. The van der Waals surface area contributed by atoms with Gasteiger partial charge in [-0.2, -0.15) is 4.98 Å². The second-order valence-corrected chi connectivity index (χ2v) is 7.71. The molecule has 27 heavy (non-hydrogen) atoms. The first kappa shape index (κ1) is 19.3. The average Bonchev–Trinajstić information content (AvgIpc) is 2.60. The highest BCUT2D eigenvalue weighted by atomic mass is 79.9. The number of hydrogen-bond acceptors (Lipinski definition) is 7. The smallest absolute Gasteiger partial charge is 0.267 e. The van der Waals surface area contributed by atoms with Gasteiger partial charge in [-0.25, -0.2) is 0 Å². The van der Waals surface area contributed by atoms with Crippen LogP contribution >= 0.6 is 15.9 Å². The summed E-state index contributed by atoms with van der Waals surface area (Å²) in [6.45, 7) is 0.476. The van der Waals surface area contributed by atoms with Gasteiger partial charge in [-0.3, -0.25) is 19.6 Å². The summed E-state index contributed by atoms with van der Waals surface area (Å²) in [4.78, 5) is 35.0. The maximum Gasteiger partial charge on any atom is 0.267 e. The summed E-state index contributed by atoms with van der Waals surface area (Å²) in [6, 6.07) is 1.74. The third-order valence-electron chi connectivity index (χ3n) is 4.59. The minimum Gasteiger partial charge on any atom is -0.365 e. The Bertz CT molecular complexity index is 893. The van der Waals surface area contributed by atoms with Crippen LogP contribution in [-0.2, 0) is 0 Å². The molecule has 0 unspecified atom stereocenters. The monoisotopic (exact) mass is 435 g/mol. The number of hydrogen-bond donors (Lipinski definition) is 5. The van der Waals surface area contributed by atoms with Crippen LogP contribution in [0.4, 0.5) is 17.5 Å². The zero-order chi connectivity index (χ0) is 19.4. The number of H-pyrrole nitrogens is 1. The zero-order valence-electron chi connectivity index (χ0n) is 14.7. The van der Waals surface area contributed by atoms with Crippen molar-refractivity contribution in [1.82, 2.24) is 15.0 Å². The molecule has 0 spiro atoms. The lowest BCUT2D eigenvalue weighted by Gasteiger charge is -2.33. The first-order chi connectivity index (χ1) is 12.9. The quantitative estimate of drug-likeness (QED) is 0.463. The van der Waals surface area contributed by atoms with Crippen molar-refractivity contribution in [3.8, 4) is 0 Å². The molecule has 0 saturated heterocycles. The van der Waals surface area contributed by atoms with Crippen LogP contribution in [0.25, 0.3) is 0 Å². The number of carbonyl (C=O) groups is 1. The molecular weight excluding hydrogens is 414 g/mol. The van der Waals surface area contributed by atoms with E-state index in [9.17, 15) is 9.59 Å². The van der Waals surface area contributed by atoms with Crippen molar-refractivity contribution in [2.45, 2.75) is 37.6 Å². The van der Waals surface area contributed by atoms with Crippen molar-refractivity contribution in [1.29, 1.82) is 0 Å². The van der Waals surface area contributed by atoms with E-state index in [1.165, 1.54) is 6.42 Å². The highest BCUT2D eigenvalue weighted by molar-refractivity contribution is 9.10. The fraction of sp³-hybridized carbons (Fsp3) is 0.412. The lowest BCUT2D eigenvalue weighted by Crippen LogP contribution is -2.48. The molecule has 10 heteroatoms. The first-order valence-corrected chi connectivity index (χ1v) is 9.50. The van der Waals surface area contributed by atoms with E-state index in [4.69, 9.17) is 11.5 Å². The normalized spacial score (nSPS) is 15.9. The number of aromatic amines is 1. The summed E-state index contributed by atoms with van der Waals surface area (Å²) in [5, 5.41) is 6.02. The molecule has 0 aliphatic heterocycles. The molecule has 2 heterocycles. The minimum atomic E-state index is -0.872. The second-order valence-electron chi connectivity index (χ2n) is 6.80. The van der Waals surface area contributed by atoms with Gasteiger partial charge in [0.1, 0.15) is 5.56 Å². The summed E-state index contributed by atoms with van der Waals surface area (Å²) in [5.41, 5.74) is 11.1. The number of halogens is 1. The van der Waals surface area contributed by atoms with E-state index in [0.717, 1.165) is 30.2 Å². The van der Waals surface area contributed by atoms with Gasteiger partial charge in [-0.15, -0.1) is 0 Å². The van der Waals surface area contributed by atoms with Gasteiger partial charge >= 0.3 is 0 Å². The molecule has 3 rings (SSSR count). The van der Waals surface area contributed by atoms with E-state index >= 15 is 0 Å². The van der Waals surface area contributed by atoms with Crippen molar-refractivity contribution < 1.29 is 4.79 Å². The van der Waals surface area contributed by atoms with Crippen molar-refractivity contribution >= 4 is 39.3 Å². The molecular formula is C17H22BrN7O2. The fourth-order valence-corrected chi connectivity index (χ4v) is 3.55. The third kappa shape index (κ3) is 4.83. The highest BCUT2D eigenvalue weighted by Gasteiger charge is 2.27. The Balaban J connectivity index is 1.86. The number of amides is 1. The van der Waals surface area contributed by atoms with Crippen molar-refractivity contribution in [2.24, 2.45) is 11.5 Å². The number of primary amides is 1.